The molecule has 0 aromatic carbocycles. The molecule has 0 saturated heterocycles. The van der Waals surface area contributed by atoms with E-state index in [0.717, 1.165) is 34.3 Å². The van der Waals surface area contributed by atoms with Crippen molar-refractivity contribution in [2.24, 2.45) is 0 Å². The standard InChI is InChI=1S/3C6H7N.5C5H6N2/c1-6-2-4-7-5-3-6;1-6-3-2-4-7-5-6;1-6-4-2-3-5-7-6;1-5-2-6-4-7-3-5;1-5-4-6-2-3-7-5;1-5-2-3-6-4-7-5;2*1-5-6-3-2-4-7-5/h3*2-5H,1H3;5*2-4H,1H3. The molecule has 0 atom stereocenters. The van der Waals surface area contributed by atoms with Crippen molar-refractivity contribution >= 4 is 0 Å². The molecule has 8 heterocycles. The van der Waals surface area contributed by atoms with Gasteiger partial charge in [0.25, 0.3) is 0 Å². The quantitative estimate of drug-likeness (QED) is 0.146. The van der Waals surface area contributed by atoms with Crippen LogP contribution in [0.5, 0.6) is 0 Å². The maximum Gasteiger partial charge on any atom is 0.125 e. The highest BCUT2D eigenvalue weighted by molar-refractivity contribution is 5.06. The van der Waals surface area contributed by atoms with Crippen molar-refractivity contribution in [3.05, 3.63) is 212 Å². The summed E-state index contributed by atoms with van der Waals surface area (Å²) in [4.78, 5) is 50.1. The summed E-state index contributed by atoms with van der Waals surface area (Å²) >= 11 is 0. The smallest absolute Gasteiger partial charge is 0.125 e. The second kappa shape index (κ2) is 32.5. The Labute approximate surface area is 331 Å². The SMILES string of the molecule is Cc1ccccn1.Cc1cccnc1.Cc1ccncc1.Cc1ccncn1.Cc1cnccn1.Cc1cncnc1.Cc1ncccn1.Cc1ncccn1. The third-order valence-corrected chi connectivity index (χ3v) is 5.97. The molecule has 8 aromatic rings. The van der Waals surface area contributed by atoms with Crippen molar-refractivity contribution in [3.63, 3.8) is 0 Å². The Kier molecular flexibility index (Phi) is 27.2. The van der Waals surface area contributed by atoms with Crippen molar-refractivity contribution in [3.8, 4) is 0 Å². The predicted molar refractivity (Wildman–Crippen MR) is 221 cm³/mol. The number of nitrogens with zero attached hydrogens (tertiary/aromatic N) is 13. The van der Waals surface area contributed by atoms with Gasteiger partial charge >= 0.3 is 0 Å². The first-order valence-electron chi connectivity index (χ1n) is 17.4. The zero-order valence-corrected chi connectivity index (χ0v) is 33.4. The lowest BCUT2D eigenvalue weighted by Crippen LogP contribution is -1.80. The molecule has 0 fully saturated rings. The molecule has 0 aliphatic heterocycles. The van der Waals surface area contributed by atoms with Crippen molar-refractivity contribution in [2.45, 2.75) is 55.4 Å². The van der Waals surface area contributed by atoms with Crippen molar-refractivity contribution < 1.29 is 0 Å². The summed E-state index contributed by atoms with van der Waals surface area (Å²) in [5.41, 5.74) is 6.61. The predicted octanol–water partition coefficient (Wildman–Crippen LogP) is 8.10. The molecule has 56 heavy (non-hydrogen) atoms. The highest BCUT2D eigenvalue weighted by atomic mass is 14.8. The van der Waals surface area contributed by atoms with Crippen LogP contribution in [0.15, 0.2) is 166 Å². The third-order valence-electron chi connectivity index (χ3n) is 5.97. The molecule has 0 radical (unpaired) electrons. The minimum absolute atomic E-state index is 0.822. The van der Waals surface area contributed by atoms with E-state index in [4.69, 9.17) is 0 Å². The first-order valence-corrected chi connectivity index (χ1v) is 17.4. The normalized spacial score (nSPS) is 8.71. The van der Waals surface area contributed by atoms with E-state index in [1.165, 1.54) is 23.8 Å². The summed E-state index contributed by atoms with van der Waals surface area (Å²) in [5, 5.41) is 0. The molecule has 0 spiro atoms. The summed E-state index contributed by atoms with van der Waals surface area (Å²) in [6.07, 6.45) is 29.2. The van der Waals surface area contributed by atoms with Crippen LogP contribution < -0.4 is 0 Å². The van der Waals surface area contributed by atoms with Crippen LogP contribution in [-0.2, 0) is 0 Å². The average molecular weight is 750 g/mol. The Morgan fingerprint density at radius 2 is 0.804 bits per heavy atom. The molecule has 0 unspecified atom stereocenters. The lowest BCUT2D eigenvalue weighted by atomic mass is 10.3. The number of aryl methyl sites for hydroxylation is 8. The number of rotatable bonds is 0. The summed E-state index contributed by atoms with van der Waals surface area (Å²) in [7, 11) is 0. The number of hydrogen-bond donors (Lipinski definition) is 0. The van der Waals surface area contributed by atoms with Gasteiger partial charge in [-0.3, -0.25) is 24.9 Å². The van der Waals surface area contributed by atoms with Crippen molar-refractivity contribution in [1.29, 1.82) is 0 Å². The van der Waals surface area contributed by atoms with E-state index in [-0.39, 0.29) is 0 Å². The zero-order valence-electron chi connectivity index (χ0n) is 33.4. The minimum atomic E-state index is 0.822. The summed E-state index contributed by atoms with van der Waals surface area (Å²) in [5.74, 6) is 1.64. The van der Waals surface area contributed by atoms with Gasteiger partial charge in [0.2, 0.25) is 0 Å². The van der Waals surface area contributed by atoms with E-state index in [0.29, 0.717) is 0 Å². The molecule has 0 N–H and O–H groups in total. The van der Waals surface area contributed by atoms with Crippen molar-refractivity contribution in [2.75, 3.05) is 0 Å². The monoisotopic (exact) mass is 749 g/mol. The molecule has 0 amide bonds. The molecular weight excluding hydrogens is 699 g/mol. The van der Waals surface area contributed by atoms with Crippen LogP contribution in [-0.4, -0.2) is 64.8 Å². The largest absolute Gasteiger partial charge is 0.265 e. The van der Waals surface area contributed by atoms with Gasteiger partial charge in [-0.1, -0.05) is 12.1 Å². The fourth-order valence-corrected chi connectivity index (χ4v) is 3.17. The summed E-state index contributed by atoms with van der Waals surface area (Å²) in [6, 6.07) is 19.2. The van der Waals surface area contributed by atoms with E-state index in [1.807, 2.05) is 110 Å². The highest BCUT2D eigenvalue weighted by Crippen LogP contribution is 1.90. The maximum absolute atomic E-state index is 3.98. The average Bonchev–Trinajstić information content (AvgIpc) is 3.22. The van der Waals surface area contributed by atoms with Crippen LogP contribution in [0, 0.1) is 55.4 Å². The molecule has 13 nitrogen and oxygen atoms in total. The number of pyridine rings is 3. The molecule has 0 aliphatic carbocycles. The Balaban J connectivity index is 0.000000320. The molecule has 288 valence electrons. The topological polar surface area (TPSA) is 168 Å². The van der Waals surface area contributed by atoms with Crippen LogP contribution in [0.2, 0.25) is 0 Å². The Morgan fingerprint density at radius 3 is 1.05 bits per heavy atom. The first kappa shape index (κ1) is 46.9. The van der Waals surface area contributed by atoms with Gasteiger partial charge < -0.3 is 0 Å². The summed E-state index contributed by atoms with van der Waals surface area (Å²) in [6.45, 7) is 15.6. The molecule has 8 rings (SSSR count). The van der Waals surface area contributed by atoms with E-state index in [1.54, 1.807) is 98.9 Å². The Bertz CT molecular complexity index is 1530. The third kappa shape index (κ3) is 30.5. The molecule has 0 aliphatic rings. The van der Waals surface area contributed by atoms with E-state index in [9.17, 15) is 0 Å². The number of hydrogen-bond acceptors (Lipinski definition) is 13. The van der Waals surface area contributed by atoms with Gasteiger partial charge in [-0.15, -0.1) is 0 Å². The Hall–Kier alpha value is -7.15. The fraction of sp³-hybridized carbons (Fsp3) is 0.186. The van der Waals surface area contributed by atoms with Gasteiger partial charge in [0.1, 0.15) is 24.3 Å². The minimum Gasteiger partial charge on any atom is -0.265 e. The van der Waals surface area contributed by atoms with E-state index in [2.05, 4.69) is 64.8 Å². The molecule has 8 aromatic heterocycles. The van der Waals surface area contributed by atoms with E-state index >= 15 is 0 Å². The molecule has 0 saturated carbocycles. The van der Waals surface area contributed by atoms with Gasteiger partial charge in [-0.05, 0) is 121 Å². The van der Waals surface area contributed by atoms with Crippen molar-refractivity contribution in [1.82, 2.24) is 64.8 Å². The molecule has 0 bridgehead atoms. The highest BCUT2D eigenvalue weighted by Gasteiger charge is 1.78. The number of aromatic nitrogens is 13. The Morgan fingerprint density at radius 1 is 0.268 bits per heavy atom. The van der Waals surface area contributed by atoms with Crippen LogP contribution >= 0.6 is 0 Å². The van der Waals surface area contributed by atoms with Crippen LogP contribution in [0.25, 0.3) is 0 Å². The van der Waals surface area contributed by atoms with Gasteiger partial charge in [-0.25, -0.2) is 39.9 Å². The second-order valence-electron chi connectivity index (χ2n) is 11.2. The van der Waals surface area contributed by atoms with E-state index < -0.39 is 0 Å². The van der Waals surface area contributed by atoms with Gasteiger partial charge in [0.15, 0.2) is 0 Å². The maximum atomic E-state index is 3.98. The van der Waals surface area contributed by atoms with Crippen LogP contribution in [0.1, 0.15) is 45.4 Å². The van der Waals surface area contributed by atoms with Gasteiger partial charge in [-0.2, -0.15) is 0 Å². The zero-order chi connectivity index (χ0) is 40.9. The molecule has 13 heteroatoms. The fourth-order valence-electron chi connectivity index (χ4n) is 3.17. The van der Waals surface area contributed by atoms with Crippen LogP contribution in [0.3, 0.4) is 0 Å². The molecular formula is C43H51N13. The van der Waals surface area contributed by atoms with Gasteiger partial charge in [0, 0.05) is 104 Å². The van der Waals surface area contributed by atoms with Gasteiger partial charge in [0.05, 0.1) is 5.69 Å². The lowest BCUT2D eigenvalue weighted by molar-refractivity contribution is 1.05. The lowest BCUT2D eigenvalue weighted by Gasteiger charge is -1.82. The summed E-state index contributed by atoms with van der Waals surface area (Å²) < 4.78 is 0. The second-order valence-corrected chi connectivity index (χ2v) is 11.2. The van der Waals surface area contributed by atoms with Crippen LogP contribution in [0.4, 0.5) is 0 Å². The first-order chi connectivity index (χ1) is 27.2.